The number of carbonyl (C=O) groups is 3. The van der Waals surface area contributed by atoms with E-state index < -0.39 is 88.8 Å². The van der Waals surface area contributed by atoms with Gasteiger partial charge in [-0.15, -0.1) is 0 Å². The number of nitrogens with one attached hydrogen (secondary N) is 2. The average molecular weight is 817 g/mol. The van der Waals surface area contributed by atoms with Crippen LogP contribution >= 0.6 is 0 Å². The molecule has 3 heterocycles. The van der Waals surface area contributed by atoms with Crippen molar-refractivity contribution < 1.29 is 58.9 Å². The molecule has 59 heavy (non-hydrogen) atoms. The summed E-state index contributed by atoms with van der Waals surface area (Å²) in [6, 6.07) is 9.42. The highest BCUT2D eigenvalue weighted by Gasteiger charge is 2.50. The number of methoxy groups -OCH3 is 1. The Labute approximate surface area is 344 Å². The van der Waals surface area contributed by atoms with Crippen LogP contribution in [0.15, 0.2) is 66.5 Å². The minimum absolute atomic E-state index is 0.0301. The van der Waals surface area contributed by atoms with Gasteiger partial charge in [0.2, 0.25) is 0 Å². The van der Waals surface area contributed by atoms with E-state index in [1.165, 1.54) is 53.2 Å². The lowest BCUT2D eigenvalue weighted by Gasteiger charge is -2.38. The molecule has 3 aliphatic rings. The summed E-state index contributed by atoms with van der Waals surface area (Å²) in [6.07, 6.45) is 3.61. The number of carbonyl (C=O) groups excluding carboxylic acids is 3. The smallest absolute Gasteiger partial charge is 0.312 e. The number of Topliss-reactive ketones (excluding diaryl/α,β-unsaturated/α-hetero) is 1. The number of anilines is 1. The molecule has 14 heteroatoms. The van der Waals surface area contributed by atoms with Gasteiger partial charge < -0.3 is 55.1 Å². The molecule has 0 fully saturated rings. The van der Waals surface area contributed by atoms with Crippen LogP contribution in [-0.2, 0) is 36.9 Å². The molecule has 3 aromatic carbocycles. The number of aliphatic hydroxyl groups excluding tert-OH is 2. The molecule has 3 aromatic rings. The van der Waals surface area contributed by atoms with Crippen molar-refractivity contribution in [3.8, 4) is 23.0 Å². The fourth-order valence-electron chi connectivity index (χ4n) is 7.89. The lowest BCUT2D eigenvalue weighted by Crippen LogP contribution is -2.46. The van der Waals surface area contributed by atoms with Gasteiger partial charge in [0, 0.05) is 79.8 Å². The number of esters is 1. The molecule has 0 radical (unpaired) electrons. The Balaban J connectivity index is 1.68. The quantitative estimate of drug-likeness (QED) is 0.0860. The van der Waals surface area contributed by atoms with Crippen molar-refractivity contribution in [2.24, 2.45) is 23.7 Å². The number of hydrogen-bond donors (Lipinski definition) is 7. The lowest BCUT2D eigenvalue weighted by molar-refractivity contribution is -0.160. The summed E-state index contributed by atoms with van der Waals surface area (Å²) in [5.41, 5.74) is 0.853. The number of ketones is 1. The van der Waals surface area contributed by atoms with E-state index in [2.05, 4.69) is 10.6 Å². The summed E-state index contributed by atoms with van der Waals surface area (Å²) in [6.45, 7) is 12.8. The molecule has 6 rings (SSSR count). The Bertz CT molecular complexity index is 2170. The van der Waals surface area contributed by atoms with Gasteiger partial charge in [-0.2, -0.15) is 0 Å². The molecule has 0 aliphatic carbocycles. The minimum atomic E-state index is -2.03. The van der Waals surface area contributed by atoms with Crippen molar-refractivity contribution in [3.05, 3.63) is 88.7 Å². The molecular formula is C45H56N2O12. The van der Waals surface area contributed by atoms with E-state index in [1.807, 2.05) is 30.3 Å². The average Bonchev–Trinajstić information content (AvgIpc) is 3.47. The molecule has 0 spiro atoms. The van der Waals surface area contributed by atoms with E-state index in [0.717, 1.165) is 5.56 Å². The molecule has 1 amide bonds. The minimum Gasteiger partial charge on any atom is -0.507 e. The van der Waals surface area contributed by atoms with Crippen molar-refractivity contribution in [2.45, 2.75) is 98.7 Å². The van der Waals surface area contributed by atoms with Crippen LogP contribution in [-0.4, -0.2) is 80.5 Å². The molecule has 318 valence electrons. The first-order chi connectivity index (χ1) is 27.8. The molecule has 0 aromatic heterocycles. The van der Waals surface area contributed by atoms with Crippen LogP contribution in [0.2, 0.25) is 0 Å². The molecule has 0 saturated heterocycles. The zero-order valence-electron chi connectivity index (χ0n) is 34.9. The maximum atomic E-state index is 14.4. The summed E-state index contributed by atoms with van der Waals surface area (Å²) in [5, 5.41) is 63.8. The van der Waals surface area contributed by atoms with Crippen molar-refractivity contribution in [2.75, 3.05) is 12.4 Å². The highest BCUT2D eigenvalue weighted by molar-refractivity contribution is 6.22. The van der Waals surface area contributed by atoms with Gasteiger partial charge in [0.1, 0.15) is 23.4 Å². The van der Waals surface area contributed by atoms with E-state index in [1.54, 1.807) is 39.8 Å². The highest BCUT2D eigenvalue weighted by atomic mass is 16.7. The molecular weight excluding hydrogens is 760 g/mol. The molecule has 0 unspecified atom stereocenters. The van der Waals surface area contributed by atoms with Crippen LogP contribution in [0, 0.1) is 30.6 Å². The zero-order chi connectivity index (χ0) is 43.5. The van der Waals surface area contributed by atoms with E-state index in [0.29, 0.717) is 6.54 Å². The first-order valence-corrected chi connectivity index (χ1v) is 19.7. The zero-order valence-corrected chi connectivity index (χ0v) is 34.9. The van der Waals surface area contributed by atoms with Gasteiger partial charge in [-0.3, -0.25) is 14.4 Å². The second-order valence-electron chi connectivity index (χ2n) is 15.8. The summed E-state index contributed by atoms with van der Waals surface area (Å²) < 4.78 is 23.6. The third kappa shape index (κ3) is 8.96. The number of allylic oxidation sites excluding steroid dienone is 2. The standard InChI is InChI=1S/C45H56N2O12/c1-22-14-13-15-23(2)44(55)47-35-30(21-46-20-29-16-11-10-12-17-29)39(52)32-33(40(35)53)38(51)27(6)42-34(32)43(54)45(8,59-42)57-19-18-31(56-9)24(3)41(58-28(7)48)26(5)37(50)25(4)36(22)49/h10-19,22,24-26,31,36-37,41,46,49-53H,20-21H2,1-9H3,(H,47,55)/b14-13+,19-18+,23-15-/t22-,24-,25-,26-,31+,36+,37+,41-,45+/m1/s1. The second-order valence-corrected chi connectivity index (χ2v) is 15.8. The fourth-order valence-corrected chi connectivity index (χ4v) is 7.89. The third-order valence-electron chi connectivity index (χ3n) is 11.6. The Hall–Kier alpha value is -5.41. The van der Waals surface area contributed by atoms with Crippen molar-refractivity contribution >= 4 is 34.1 Å². The number of hydrogen-bond acceptors (Lipinski definition) is 13. The number of fused-ring (bicyclic) bond motifs is 14. The maximum absolute atomic E-state index is 14.4. The Morgan fingerprint density at radius 2 is 1.58 bits per heavy atom. The number of ether oxygens (including phenoxy) is 4. The van der Waals surface area contributed by atoms with Crippen LogP contribution in [0.1, 0.15) is 75.5 Å². The SMILES string of the molecule is CO[C@H]1/C=C/O[C@@]2(C)Oc3c(C)c(O)c4c(O)c(c(CNCc5ccccc5)c(O)c4c3C2=O)NC(=O)/C(C)=C\C=C\[C@@H](C)[C@H](O)[C@@H](C)[C@H](O)[C@@H](C)[C@H](OC(C)=O)[C@@H]1C. The molecule has 5 bridgehead atoms. The van der Waals surface area contributed by atoms with Gasteiger partial charge in [-0.05, 0) is 25.5 Å². The van der Waals surface area contributed by atoms with Gasteiger partial charge in [0.25, 0.3) is 11.7 Å². The van der Waals surface area contributed by atoms with Crippen LogP contribution in [0.25, 0.3) is 10.8 Å². The Morgan fingerprint density at radius 3 is 2.22 bits per heavy atom. The summed E-state index contributed by atoms with van der Waals surface area (Å²) >= 11 is 0. The van der Waals surface area contributed by atoms with Gasteiger partial charge in [0.05, 0.1) is 41.2 Å². The van der Waals surface area contributed by atoms with Crippen LogP contribution < -0.4 is 15.4 Å². The first kappa shape index (κ1) is 44.7. The summed E-state index contributed by atoms with van der Waals surface area (Å²) in [5.74, 6) is -8.14. The first-order valence-electron chi connectivity index (χ1n) is 19.7. The number of rotatable bonds is 6. The molecule has 7 N–H and O–H groups in total. The number of aliphatic hydroxyl groups is 2. The van der Waals surface area contributed by atoms with Crippen LogP contribution in [0.5, 0.6) is 23.0 Å². The number of phenols is 3. The molecule has 14 nitrogen and oxygen atoms in total. The highest BCUT2D eigenvalue weighted by Crippen LogP contribution is 2.55. The Kier molecular flexibility index (Phi) is 13.8. The van der Waals surface area contributed by atoms with Gasteiger partial charge in [-0.25, -0.2) is 0 Å². The monoisotopic (exact) mass is 816 g/mol. The van der Waals surface area contributed by atoms with Gasteiger partial charge >= 0.3 is 11.8 Å². The predicted octanol–water partition coefficient (Wildman–Crippen LogP) is 6.04. The molecule has 3 aliphatic heterocycles. The number of amides is 1. The number of benzene rings is 3. The predicted molar refractivity (Wildman–Crippen MR) is 221 cm³/mol. The lowest BCUT2D eigenvalue weighted by atomic mass is 9.78. The van der Waals surface area contributed by atoms with E-state index in [4.69, 9.17) is 18.9 Å². The normalized spacial score (nSPS) is 29.9. The van der Waals surface area contributed by atoms with Gasteiger partial charge in [0.15, 0.2) is 5.75 Å². The summed E-state index contributed by atoms with van der Waals surface area (Å²) in [4.78, 5) is 40.5. The van der Waals surface area contributed by atoms with Crippen LogP contribution in [0.3, 0.4) is 0 Å². The molecule has 9 atom stereocenters. The van der Waals surface area contributed by atoms with E-state index in [-0.39, 0.29) is 51.0 Å². The van der Waals surface area contributed by atoms with Crippen molar-refractivity contribution in [1.82, 2.24) is 5.32 Å². The number of phenolic OH excluding ortho intramolecular Hbond substituents is 3. The van der Waals surface area contributed by atoms with E-state index in [9.17, 15) is 39.9 Å². The van der Waals surface area contributed by atoms with Gasteiger partial charge in [-0.1, -0.05) is 76.3 Å². The second kappa shape index (κ2) is 18.2. The topological polar surface area (TPSA) is 213 Å². The maximum Gasteiger partial charge on any atom is 0.312 e. The van der Waals surface area contributed by atoms with Crippen LogP contribution in [0.4, 0.5) is 5.69 Å². The summed E-state index contributed by atoms with van der Waals surface area (Å²) in [7, 11) is 1.44. The fraction of sp³-hybridized carbons (Fsp3) is 0.444. The molecule has 0 saturated carbocycles. The van der Waals surface area contributed by atoms with Crippen molar-refractivity contribution in [3.63, 3.8) is 0 Å². The van der Waals surface area contributed by atoms with Crippen molar-refractivity contribution in [1.29, 1.82) is 0 Å². The largest absolute Gasteiger partial charge is 0.507 e. The Morgan fingerprint density at radius 1 is 0.898 bits per heavy atom. The van der Waals surface area contributed by atoms with E-state index >= 15 is 0 Å². The number of aromatic hydroxyl groups is 3. The third-order valence-corrected chi connectivity index (χ3v) is 11.6.